The van der Waals surface area contributed by atoms with Crippen molar-refractivity contribution in [2.45, 2.75) is 9.79 Å². The SMILES string of the molecule is O=S(=O)(c1cccc(F)c1)N1CCN(S(=O)(=O)c2ccc(F)cc2F)CC1. The van der Waals surface area contributed by atoms with Gasteiger partial charge in [-0.1, -0.05) is 6.07 Å². The largest absolute Gasteiger partial charge is 0.246 e. The maximum atomic E-state index is 13.8. The smallest absolute Gasteiger partial charge is 0.207 e. The Balaban J connectivity index is 1.79. The minimum Gasteiger partial charge on any atom is -0.207 e. The average Bonchev–Trinajstić information content (AvgIpc) is 2.61. The van der Waals surface area contributed by atoms with E-state index in [0.717, 1.165) is 32.9 Å². The summed E-state index contributed by atoms with van der Waals surface area (Å²) in [4.78, 5) is -0.909. The van der Waals surface area contributed by atoms with Gasteiger partial charge in [0.05, 0.1) is 4.90 Å². The van der Waals surface area contributed by atoms with Crippen LogP contribution in [0.25, 0.3) is 0 Å². The second kappa shape index (κ2) is 7.23. The van der Waals surface area contributed by atoms with Gasteiger partial charge in [0.15, 0.2) is 0 Å². The van der Waals surface area contributed by atoms with Crippen LogP contribution in [-0.2, 0) is 20.0 Å². The van der Waals surface area contributed by atoms with E-state index < -0.39 is 42.4 Å². The number of rotatable bonds is 4. The van der Waals surface area contributed by atoms with Gasteiger partial charge in [0.2, 0.25) is 20.0 Å². The molecule has 0 aliphatic carbocycles. The van der Waals surface area contributed by atoms with Crippen LogP contribution in [0.4, 0.5) is 13.2 Å². The molecule has 0 amide bonds. The molecule has 1 aliphatic rings. The fourth-order valence-electron chi connectivity index (χ4n) is 2.75. The van der Waals surface area contributed by atoms with E-state index >= 15 is 0 Å². The van der Waals surface area contributed by atoms with E-state index in [4.69, 9.17) is 0 Å². The van der Waals surface area contributed by atoms with Crippen LogP contribution in [0.5, 0.6) is 0 Å². The van der Waals surface area contributed by atoms with Crippen molar-refractivity contribution in [2.75, 3.05) is 26.2 Å². The first-order valence-electron chi connectivity index (χ1n) is 7.83. The summed E-state index contributed by atoms with van der Waals surface area (Å²) in [6, 6.07) is 6.64. The molecule has 0 unspecified atom stereocenters. The van der Waals surface area contributed by atoms with Crippen LogP contribution >= 0.6 is 0 Å². The molecule has 0 saturated carbocycles. The van der Waals surface area contributed by atoms with Gasteiger partial charge in [-0.3, -0.25) is 0 Å². The zero-order valence-corrected chi connectivity index (χ0v) is 15.5. The molecule has 1 aliphatic heterocycles. The van der Waals surface area contributed by atoms with Crippen LogP contribution in [0.2, 0.25) is 0 Å². The van der Waals surface area contributed by atoms with Crippen molar-refractivity contribution in [3.8, 4) is 0 Å². The standard InChI is InChI=1S/C16H15F3N2O4S2/c17-12-2-1-3-14(10-12)26(22,23)20-6-8-21(9-7-20)27(24,25)16-5-4-13(18)11-15(16)19/h1-5,10-11H,6-9H2. The third kappa shape index (κ3) is 3.86. The minimum atomic E-state index is -4.24. The van der Waals surface area contributed by atoms with Gasteiger partial charge < -0.3 is 0 Å². The Hall–Kier alpha value is -1.95. The second-order valence-corrected chi connectivity index (χ2v) is 9.68. The summed E-state index contributed by atoms with van der Waals surface area (Å²) < 4.78 is 92.3. The normalized spacial score (nSPS) is 17.1. The van der Waals surface area contributed by atoms with Crippen molar-refractivity contribution < 1.29 is 30.0 Å². The molecule has 6 nitrogen and oxygen atoms in total. The maximum Gasteiger partial charge on any atom is 0.246 e. The van der Waals surface area contributed by atoms with Gasteiger partial charge in [0, 0.05) is 32.2 Å². The quantitative estimate of drug-likeness (QED) is 0.756. The maximum absolute atomic E-state index is 13.8. The summed E-state index contributed by atoms with van der Waals surface area (Å²) in [7, 11) is -8.22. The summed E-state index contributed by atoms with van der Waals surface area (Å²) in [6.45, 7) is -0.789. The molecule has 0 spiro atoms. The first kappa shape index (κ1) is 19.8. The van der Waals surface area contributed by atoms with Crippen LogP contribution in [0.3, 0.4) is 0 Å². The summed E-state index contributed by atoms with van der Waals surface area (Å²) in [5.41, 5.74) is 0. The van der Waals surface area contributed by atoms with Gasteiger partial charge in [0.1, 0.15) is 22.3 Å². The van der Waals surface area contributed by atoms with E-state index in [1.165, 1.54) is 12.1 Å². The average molecular weight is 420 g/mol. The fraction of sp³-hybridized carbons (Fsp3) is 0.250. The predicted octanol–water partition coefficient (Wildman–Crippen LogP) is 1.80. The van der Waals surface area contributed by atoms with Gasteiger partial charge >= 0.3 is 0 Å². The number of halogens is 3. The molecule has 0 aromatic heterocycles. The second-order valence-electron chi connectivity index (χ2n) is 5.84. The first-order chi connectivity index (χ1) is 12.6. The van der Waals surface area contributed by atoms with Gasteiger partial charge in [-0.15, -0.1) is 0 Å². The van der Waals surface area contributed by atoms with E-state index in [1.807, 2.05) is 0 Å². The summed E-state index contributed by atoms with van der Waals surface area (Å²) >= 11 is 0. The number of hydrogen-bond acceptors (Lipinski definition) is 4. The third-order valence-corrected chi connectivity index (χ3v) is 7.97. The molecule has 0 radical (unpaired) electrons. The lowest BCUT2D eigenvalue weighted by atomic mass is 10.3. The summed E-state index contributed by atoms with van der Waals surface area (Å²) in [5.74, 6) is -2.83. The molecule has 2 aromatic rings. The Bertz CT molecular complexity index is 1070. The molecule has 146 valence electrons. The number of benzene rings is 2. The molecule has 0 bridgehead atoms. The van der Waals surface area contributed by atoms with Crippen LogP contribution < -0.4 is 0 Å². The lowest BCUT2D eigenvalue weighted by Gasteiger charge is -2.33. The van der Waals surface area contributed by atoms with E-state index in [2.05, 4.69) is 0 Å². The molecule has 1 heterocycles. The summed E-state index contributed by atoms with van der Waals surface area (Å²) in [6.07, 6.45) is 0. The zero-order chi connectivity index (χ0) is 19.8. The van der Waals surface area contributed by atoms with Gasteiger partial charge in [-0.25, -0.2) is 30.0 Å². The van der Waals surface area contributed by atoms with Gasteiger partial charge in [-0.2, -0.15) is 8.61 Å². The Morgan fingerprint density at radius 1 is 0.704 bits per heavy atom. The van der Waals surface area contributed by atoms with Crippen molar-refractivity contribution in [2.24, 2.45) is 0 Å². The Morgan fingerprint density at radius 3 is 1.81 bits per heavy atom. The lowest BCUT2D eigenvalue weighted by Crippen LogP contribution is -2.50. The first-order valence-corrected chi connectivity index (χ1v) is 10.7. The van der Waals surface area contributed by atoms with Crippen molar-refractivity contribution in [1.82, 2.24) is 8.61 Å². The fourth-order valence-corrected chi connectivity index (χ4v) is 5.67. The Morgan fingerprint density at radius 2 is 1.26 bits per heavy atom. The Labute approximate surface area is 154 Å². The molecule has 2 aromatic carbocycles. The van der Waals surface area contributed by atoms with E-state index in [9.17, 15) is 30.0 Å². The van der Waals surface area contributed by atoms with Crippen molar-refractivity contribution in [3.05, 3.63) is 59.9 Å². The molecule has 0 atom stereocenters. The number of hydrogen-bond donors (Lipinski definition) is 0. The molecule has 1 saturated heterocycles. The summed E-state index contributed by atoms with van der Waals surface area (Å²) in [5, 5.41) is 0. The van der Waals surface area contributed by atoms with Gasteiger partial charge in [-0.05, 0) is 30.3 Å². The third-order valence-electron chi connectivity index (χ3n) is 4.14. The van der Waals surface area contributed by atoms with Crippen LogP contribution in [0, 0.1) is 17.5 Å². The predicted molar refractivity (Wildman–Crippen MR) is 90.3 cm³/mol. The lowest BCUT2D eigenvalue weighted by molar-refractivity contribution is 0.272. The Kier molecular flexibility index (Phi) is 5.30. The molecule has 27 heavy (non-hydrogen) atoms. The molecule has 1 fully saturated rings. The van der Waals surface area contributed by atoms with Crippen molar-refractivity contribution in [3.63, 3.8) is 0 Å². The van der Waals surface area contributed by atoms with Crippen molar-refractivity contribution >= 4 is 20.0 Å². The highest BCUT2D eigenvalue weighted by Crippen LogP contribution is 2.24. The molecular formula is C16H15F3N2O4S2. The van der Waals surface area contributed by atoms with E-state index in [1.54, 1.807) is 0 Å². The molecule has 0 N–H and O–H groups in total. The van der Waals surface area contributed by atoms with Crippen molar-refractivity contribution in [1.29, 1.82) is 0 Å². The minimum absolute atomic E-state index is 0.180. The molecular weight excluding hydrogens is 405 g/mol. The number of sulfonamides is 2. The van der Waals surface area contributed by atoms with Crippen LogP contribution in [0.15, 0.2) is 52.3 Å². The van der Waals surface area contributed by atoms with E-state index in [0.29, 0.717) is 6.07 Å². The molecule has 3 rings (SSSR count). The number of piperazine rings is 1. The van der Waals surface area contributed by atoms with Gasteiger partial charge in [0.25, 0.3) is 0 Å². The van der Waals surface area contributed by atoms with E-state index in [-0.39, 0.29) is 31.1 Å². The zero-order valence-electron chi connectivity index (χ0n) is 13.8. The molecule has 11 heteroatoms. The van der Waals surface area contributed by atoms with Crippen LogP contribution in [0.1, 0.15) is 0 Å². The highest BCUT2D eigenvalue weighted by atomic mass is 32.2. The topological polar surface area (TPSA) is 74.8 Å². The monoisotopic (exact) mass is 420 g/mol. The van der Waals surface area contributed by atoms with Crippen LogP contribution in [-0.4, -0.2) is 51.6 Å². The number of nitrogens with zero attached hydrogens (tertiary/aromatic N) is 2. The highest BCUT2D eigenvalue weighted by Gasteiger charge is 2.35. The highest BCUT2D eigenvalue weighted by molar-refractivity contribution is 7.89.